The van der Waals surface area contributed by atoms with Crippen LogP contribution in [-0.2, 0) is 6.42 Å². The van der Waals surface area contributed by atoms with E-state index in [2.05, 4.69) is 4.98 Å². The SMILES string of the molecule is O=c1oc2ccccc2cc1-c1cn2cc(Cc3ccc(Cl)cc3)sc2n1. The van der Waals surface area contributed by atoms with E-state index in [1.54, 1.807) is 17.4 Å². The first kappa shape index (κ1) is 16.3. The van der Waals surface area contributed by atoms with Crippen LogP contribution in [0.1, 0.15) is 10.4 Å². The third kappa shape index (κ3) is 3.05. The van der Waals surface area contributed by atoms with Gasteiger partial charge in [0.2, 0.25) is 0 Å². The number of halogens is 1. The number of hydrogen-bond donors (Lipinski definition) is 0. The molecular formula is C21H13ClN2O2S. The van der Waals surface area contributed by atoms with Crippen molar-refractivity contribution in [1.29, 1.82) is 0 Å². The Labute approximate surface area is 163 Å². The normalized spacial score (nSPS) is 11.4. The van der Waals surface area contributed by atoms with Crippen LogP contribution in [0.15, 0.2) is 76.2 Å². The molecule has 0 amide bonds. The predicted octanol–water partition coefficient (Wildman–Crippen LogP) is 5.41. The van der Waals surface area contributed by atoms with Gasteiger partial charge in [-0.1, -0.05) is 41.9 Å². The van der Waals surface area contributed by atoms with E-state index in [0.717, 1.165) is 21.8 Å². The summed E-state index contributed by atoms with van der Waals surface area (Å²) in [6, 6.07) is 17.1. The van der Waals surface area contributed by atoms with Crippen LogP contribution >= 0.6 is 22.9 Å². The number of aromatic nitrogens is 2. The van der Waals surface area contributed by atoms with Gasteiger partial charge in [0.05, 0.1) is 11.3 Å². The molecule has 5 rings (SSSR count). The summed E-state index contributed by atoms with van der Waals surface area (Å²) >= 11 is 7.55. The molecule has 0 bridgehead atoms. The molecule has 0 unspecified atom stereocenters. The molecule has 4 nitrogen and oxygen atoms in total. The van der Waals surface area contributed by atoms with E-state index < -0.39 is 0 Å². The molecule has 0 radical (unpaired) electrons. The third-order valence-corrected chi connectivity index (χ3v) is 5.66. The van der Waals surface area contributed by atoms with Crippen molar-refractivity contribution in [2.75, 3.05) is 0 Å². The maximum Gasteiger partial charge on any atom is 0.345 e. The van der Waals surface area contributed by atoms with Gasteiger partial charge in [0.1, 0.15) is 5.58 Å². The van der Waals surface area contributed by atoms with Crippen LogP contribution in [0.5, 0.6) is 0 Å². The average molecular weight is 393 g/mol. The zero-order valence-corrected chi connectivity index (χ0v) is 15.6. The molecule has 0 aliphatic carbocycles. The Morgan fingerprint density at radius 2 is 1.89 bits per heavy atom. The van der Waals surface area contributed by atoms with Gasteiger partial charge in [-0.2, -0.15) is 0 Å². The van der Waals surface area contributed by atoms with Crippen LogP contribution in [0, 0.1) is 0 Å². The molecule has 6 heteroatoms. The van der Waals surface area contributed by atoms with Crippen LogP contribution < -0.4 is 5.63 Å². The highest BCUT2D eigenvalue weighted by atomic mass is 35.5. The summed E-state index contributed by atoms with van der Waals surface area (Å²) in [5, 5.41) is 1.62. The Morgan fingerprint density at radius 1 is 1.07 bits per heavy atom. The first-order valence-corrected chi connectivity index (χ1v) is 9.60. The van der Waals surface area contributed by atoms with Crippen LogP contribution in [0.3, 0.4) is 0 Å². The van der Waals surface area contributed by atoms with Gasteiger partial charge >= 0.3 is 5.63 Å². The molecule has 0 fully saturated rings. The fraction of sp³-hybridized carbons (Fsp3) is 0.0476. The van der Waals surface area contributed by atoms with Crippen molar-refractivity contribution in [2.45, 2.75) is 6.42 Å². The first-order valence-electron chi connectivity index (χ1n) is 8.41. The molecule has 0 aliphatic rings. The van der Waals surface area contributed by atoms with Crippen LogP contribution in [0.4, 0.5) is 0 Å². The minimum atomic E-state index is -0.374. The number of nitrogens with zero attached hydrogens (tertiary/aromatic N) is 2. The number of fused-ring (bicyclic) bond motifs is 2. The number of imidazole rings is 1. The zero-order valence-electron chi connectivity index (χ0n) is 14.1. The molecule has 27 heavy (non-hydrogen) atoms. The highest BCUT2D eigenvalue weighted by Crippen LogP contribution is 2.26. The monoisotopic (exact) mass is 392 g/mol. The maximum atomic E-state index is 12.3. The van der Waals surface area contributed by atoms with Crippen molar-refractivity contribution in [3.05, 3.63) is 92.9 Å². The zero-order chi connectivity index (χ0) is 18.4. The van der Waals surface area contributed by atoms with Crippen molar-refractivity contribution >= 4 is 38.9 Å². The summed E-state index contributed by atoms with van der Waals surface area (Å²) in [6.07, 6.45) is 4.74. The molecule has 0 N–H and O–H groups in total. The van der Waals surface area contributed by atoms with Crippen molar-refractivity contribution in [1.82, 2.24) is 9.38 Å². The lowest BCUT2D eigenvalue weighted by molar-refractivity contribution is 0.563. The van der Waals surface area contributed by atoms with Crippen molar-refractivity contribution < 1.29 is 4.42 Å². The fourth-order valence-corrected chi connectivity index (χ4v) is 4.22. The van der Waals surface area contributed by atoms with E-state index in [-0.39, 0.29) is 5.63 Å². The molecule has 0 saturated carbocycles. The summed E-state index contributed by atoms with van der Waals surface area (Å²) in [4.78, 5) is 19.0. The summed E-state index contributed by atoms with van der Waals surface area (Å²) in [7, 11) is 0. The topological polar surface area (TPSA) is 47.5 Å². The largest absolute Gasteiger partial charge is 0.422 e. The van der Waals surface area contributed by atoms with Gasteiger partial charge in [-0.25, -0.2) is 9.78 Å². The molecule has 132 valence electrons. The molecule has 0 atom stereocenters. The Balaban J connectivity index is 1.51. The summed E-state index contributed by atoms with van der Waals surface area (Å²) < 4.78 is 7.38. The van der Waals surface area contributed by atoms with Crippen molar-refractivity contribution in [3.8, 4) is 11.3 Å². The minimum Gasteiger partial charge on any atom is -0.422 e. The Bertz CT molecular complexity index is 1300. The third-order valence-electron chi connectivity index (χ3n) is 4.41. The molecular weight excluding hydrogens is 380 g/mol. The highest BCUT2D eigenvalue weighted by Gasteiger charge is 2.13. The predicted molar refractivity (Wildman–Crippen MR) is 109 cm³/mol. The molecule has 0 aliphatic heterocycles. The summed E-state index contributed by atoms with van der Waals surface area (Å²) in [5.41, 5.74) is 2.50. The molecule has 3 aromatic heterocycles. The highest BCUT2D eigenvalue weighted by molar-refractivity contribution is 7.17. The van der Waals surface area contributed by atoms with E-state index in [1.807, 2.05) is 65.3 Å². The second kappa shape index (κ2) is 6.37. The lowest BCUT2D eigenvalue weighted by atomic mass is 10.1. The number of benzene rings is 2. The van der Waals surface area contributed by atoms with Gasteiger partial charge in [0.15, 0.2) is 4.96 Å². The van der Waals surface area contributed by atoms with E-state index >= 15 is 0 Å². The quantitative estimate of drug-likeness (QED) is 0.385. The van der Waals surface area contributed by atoms with Gasteiger partial charge in [0.25, 0.3) is 0 Å². The van der Waals surface area contributed by atoms with Gasteiger partial charge in [0, 0.05) is 34.1 Å². The second-order valence-corrected chi connectivity index (χ2v) is 7.83. The minimum absolute atomic E-state index is 0.374. The van der Waals surface area contributed by atoms with Crippen LogP contribution in [0.25, 0.3) is 27.2 Å². The first-order chi connectivity index (χ1) is 13.2. The Kier molecular flexibility index (Phi) is 3.85. The molecule has 0 spiro atoms. The van der Waals surface area contributed by atoms with E-state index in [9.17, 15) is 4.79 Å². The molecule has 2 aromatic carbocycles. The van der Waals surface area contributed by atoms with Gasteiger partial charge in [-0.3, -0.25) is 4.40 Å². The van der Waals surface area contributed by atoms with E-state index in [4.69, 9.17) is 16.0 Å². The average Bonchev–Trinajstić information content (AvgIpc) is 3.21. The van der Waals surface area contributed by atoms with Crippen molar-refractivity contribution in [3.63, 3.8) is 0 Å². The molecule has 0 saturated heterocycles. The van der Waals surface area contributed by atoms with Crippen molar-refractivity contribution in [2.24, 2.45) is 0 Å². The van der Waals surface area contributed by atoms with Crippen LogP contribution in [0.2, 0.25) is 5.02 Å². The van der Waals surface area contributed by atoms with Gasteiger partial charge in [-0.05, 0) is 29.8 Å². The standard InChI is InChI=1S/C21H13ClN2O2S/c22-15-7-5-13(6-8-15)9-16-11-24-12-18(23-21(24)27-16)17-10-14-3-1-2-4-19(14)26-20(17)25/h1-8,10-12H,9H2. The summed E-state index contributed by atoms with van der Waals surface area (Å²) in [5.74, 6) is 0. The smallest absolute Gasteiger partial charge is 0.345 e. The fourth-order valence-electron chi connectivity index (χ4n) is 3.10. The van der Waals surface area contributed by atoms with E-state index in [0.29, 0.717) is 16.8 Å². The second-order valence-electron chi connectivity index (χ2n) is 6.30. The number of hydrogen-bond acceptors (Lipinski definition) is 4. The Hall–Kier alpha value is -2.89. The van der Waals surface area contributed by atoms with Gasteiger partial charge in [-0.15, -0.1) is 11.3 Å². The number of rotatable bonds is 3. The van der Waals surface area contributed by atoms with Crippen LogP contribution in [-0.4, -0.2) is 9.38 Å². The lowest BCUT2D eigenvalue weighted by Crippen LogP contribution is -2.02. The summed E-state index contributed by atoms with van der Waals surface area (Å²) in [6.45, 7) is 0. The van der Waals surface area contributed by atoms with Gasteiger partial charge < -0.3 is 4.42 Å². The van der Waals surface area contributed by atoms with E-state index in [1.165, 1.54) is 10.4 Å². The number of thiazole rings is 1. The maximum absolute atomic E-state index is 12.3. The lowest BCUT2D eigenvalue weighted by Gasteiger charge is -1.99. The molecule has 5 aromatic rings. The molecule has 3 heterocycles. The number of para-hydroxylation sites is 1. The Morgan fingerprint density at radius 3 is 2.70 bits per heavy atom.